The molecule has 2 atom stereocenters. The summed E-state index contributed by atoms with van der Waals surface area (Å²) >= 11 is 5.99. The number of nitrogens with one attached hydrogen (secondary N) is 2. The highest BCUT2D eigenvalue weighted by Crippen LogP contribution is 2.30. The number of nitrogens with zero attached hydrogens (tertiary/aromatic N) is 3. The minimum Gasteiger partial charge on any atom is -0.343 e. The predicted octanol–water partition coefficient (Wildman–Crippen LogP) is 2.00. The van der Waals surface area contributed by atoms with Crippen molar-refractivity contribution in [3.05, 3.63) is 69.7 Å². The molecule has 2 aromatic carbocycles. The second-order valence-corrected chi connectivity index (χ2v) is 8.33. The van der Waals surface area contributed by atoms with Crippen molar-refractivity contribution >= 4 is 35.2 Å². The molecule has 0 aliphatic carbocycles. The maximum Gasteiger partial charge on any atom is 0.255 e. The molecule has 3 aliphatic heterocycles. The molecule has 1 fully saturated rings. The van der Waals surface area contributed by atoms with E-state index in [-0.39, 0.29) is 24.4 Å². The standard InChI is InChI=1S/C22H20ClN5O3/c1-27-20(12-2-5-15(23)6-3-12)25-19(26-27)13-4-7-16-14(10-13)11-28(22(16)31)17-8-9-18(29)24-21(17)30/h2-7,10,17,20H,8-9,11H2,1H3,(H,25,26)(H,24,29,30). The Morgan fingerprint density at radius 1 is 1.10 bits per heavy atom. The van der Waals surface area contributed by atoms with Crippen molar-refractivity contribution in [3.8, 4) is 0 Å². The van der Waals surface area contributed by atoms with E-state index in [9.17, 15) is 14.4 Å². The SMILES string of the molecule is CN1N=C(c2ccc3c(c2)CN(C2CCC(=O)NC2=O)C3=O)NC1c1ccc(Cl)cc1. The number of fused-ring (bicyclic) bond motifs is 1. The van der Waals surface area contributed by atoms with E-state index in [0.717, 1.165) is 16.7 Å². The Hall–Kier alpha value is -3.39. The van der Waals surface area contributed by atoms with Gasteiger partial charge in [-0.05, 0) is 41.8 Å². The van der Waals surface area contributed by atoms with Crippen LogP contribution in [0.3, 0.4) is 0 Å². The monoisotopic (exact) mass is 437 g/mol. The van der Waals surface area contributed by atoms with Gasteiger partial charge in [0.15, 0.2) is 5.84 Å². The molecule has 0 bridgehead atoms. The highest BCUT2D eigenvalue weighted by atomic mass is 35.5. The van der Waals surface area contributed by atoms with Crippen LogP contribution in [0.4, 0.5) is 0 Å². The van der Waals surface area contributed by atoms with Gasteiger partial charge in [-0.3, -0.25) is 24.7 Å². The van der Waals surface area contributed by atoms with Gasteiger partial charge in [0.2, 0.25) is 11.8 Å². The fourth-order valence-electron chi connectivity index (χ4n) is 4.27. The molecular weight excluding hydrogens is 418 g/mol. The smallest absolute Gasteiger partial charge is 0.255 e. The largest absolute Gasteiger partial charge is 0.343 e. The topological polar surface area (TPSA) is 94.1 Å². The molecule has 1 saturated heterocycles. The van der Waals surface area contributed by atoms with E-state index >= 15 is 0 Å². The zero-order valence-corrected chi connectivity index (χ0v) is 17.5. The lowest BCUT2D eigenvalue weighted by Gasteiger charge is -2.29. The van der Waals surface area contributed by atoms with E-state index < -0.39 is 11.9 Å². The number of carbonyl (C=O) groups excluding carboxylic acids is 3. The first-order valence-corrected chi connectivity index (χ1v) is 10.4. The molecule has 158 valence electrons. The van der Waals surface area contributed by atoms with Gasteiger partial charge in [0.05, 0.1) is 0 Å². The van der Waals surface area contributed by atoms with Crippen molar-refractivity contribution in [2.75, 3.05) is 7.05 Å². The first kappa shape index (κ1) is 19.6. The summed E-state index contributed by atoms with van der Waals surface area (Å²) in [6, 6.07) is 12.5. The summed E-state index contributed by atoms with van der Waals surface area (Å²) in [5, 5.41) is 12.9. The number of carbonyl (C=O) groups is 3. The van der Waals surface area contributed by atoms with Crippen LogP contribution in [0, 0.1) is 0 Å². The minimum absolute atomic E-state index is 0.123. The van der Waals surface area contributed by atoms with Crippen molar-refractivity contribution in [1.82, 2.24) is 20.5 Å². The van der Waals surface area contributed by atoms with Crippen LogP contribution in [0.2, 0.25) is 5.02 Å². The van der Waals surface area contributed by atoms with Gasteiger partial charge in [0, 0.05) is 36.2 Å². The summed E-state index contributed by atoms with van der Waals surface area (Å²) in [5.74, 6) is -0.185. The predicted molar refractivity (Wildman–Crippen MR) is 114 cm³/mol. The molecule has 0 aromatic heterocycles. The number of amides is 3. The van der Waals surface area contributed by atoms with Crippen LogP contribution in [-0.4, -0.2) is 46.6 Å². The van der Waals surface area contributed by atoms with Gasteiger partial charge in [-0.25, -0.2) is 0 Å². The lowest BCUT2D eigenvalue weighted by Crippen LogP contribution is -2.52. The molecule has 31 heavy (non-hydrogen) atoms. The first-order valence-electron chi connectivity index (χ1n) is 10.0. The zero-order chi connectivity index (χ0) is 21.7. The number of piperidine rings is 1. The van der Waals surface area contributed by atoms with E-state index in [1.54, 1.807) is 11.0 Å². The number of imide groups is 1. The third-order valence-electron chi connectivity index (χ3n) is 5.89. The second kappa shape index (κ2) is 7.39. The summed E-state index contributed by atoms with van der Waals surface area (Å²) < 4.78 is 0. The average molecular weight is 438 g/mol. The summed E-state index contributed by atoms with van der Waals surface area (Å²) in [4.78, 5) is 38.1. The fourth-order valence-corrected chi connectivity index (χ4v) is 4.40. The summed E-state index contributed by atoms with van der Waals surface area (Å²) in [7, 11) is 1.89. The van der Waals surface area contributed by atoms with Crippen LogP contribution < -0.4 is 10.6 Å². The third-order valence-corrected chi connectivity index (χ3v) is 6.14. The van der Waals surface area contributed by atoms with Crippen molar-refractivity contribution in [2.24, 2.45) is 5.10 Å². The van der Waals surface area contributed by atoms with E-state index in [1.165, 1.54) is 0 Å². The summed E-state index contributed by atoms with van der Waals surface area (Å²) in [5.41, 5.74) is 3.31. The molecule has 0 saturated carbocycles. The Balaban J connectivity index is 1.36. The lowest BCUT2D eigenvalue weighted by atomic mass is 10.0. The second-order valence-electron chi connectivity index (χ2n) is 7.89. The summed E-state index contributed by atoms with van der Waals surface area (Å²) in [6.45, 7) is 0.331. The number of halogens is 1. The Morgan fingerprint density at radius 2 is 1.87 bits per heavy atom. The number of amidine groups is 1. The number of hydrogen-bond acceptors (Lipinski definition) is 6. The Bertz CT molecular complexity index is 1130. The number of benzene rings is 2. The molecule has 0 spiro atoms. The number of hydrazone groups is 1. The van der Waals surface area contributed by atoms with Crippen LogP contribution >= 0.6 is 11.6 Å². The van der Waals surface area contributed by atoms with Crippen molar-refractivity contribution in [3.63, 3.8) is 0 Å². The highest BCUT2D eigenvalue weighted by Gasteiger charge is 2.39. The van der Waals surface area contributed by atoms with Gasteiger partial charge in [-0.15, -0.1) is 0 Å². The van der Waals surface area contributed by atoms with E-state index in [4.69, 9.17) is 11.6 Å². The van der Waals surface area contributed by atoms with Crippen LogP contribution in [0.25, 0.3) is 0 Å². The van der Waals surface area contributed by atoms with Crippen LogP contribution in [-0.2, 0) is 16.1 Å². The molecular formula is C22H20ClN5O3. The maximum absolute atomic E-state index is 12.9. The lowest BCUT2D eigenvalue weighted by molar-refractivity contribution is -0.136. The van der Waals surface area contributed by atoms with Gasteiger partial charge in [-0.2, -0.15) is 5.10 Å². The van der Waals surface area contributed by atoms with Crippen molar-refractivity contribution in [1.29, 1.82) is 0 Å². The molecule has 3 heterocycles. The molecule has 3 aliphatic rings. The quantitative estimate of drug-likeness (QED) is 0.716. The summed E-state index contributed by atoms with van der Waals surface area (Å²) in [6.07, 6.45) is 0.460. The van der Waals surface area contributed by atoms with Crippen LogP contribution in [0.1, 0.15) is 46.1 Å². The van der Waals surface area contributed by atoms with Crippen LogP contribution in [0.5, 0.6) is 0 Å². The van der Waals surface area contributed by atoms with E-state index in [0.29, 0.717) is 29.4 Å². The van der Waals surface area contributed by atoms with Crippen molar-refractivity contribution < 1.29 is 14.4 Å². The molecule has 2 unspecified atom stereocenters. The van der Waals surface area contributed by atoms with E-state index in [2.05, 4.69) is 15.7 Å². The van der Waals surface area contributed by atoms with Gasteiger partial charge in [-0.1, -0.05) is 29.8 Å². The Labute approximate surface area is 183 Å². The normalized spacial score (nSPS) is 22.9. The molecule has 3 amide bonds. The Kier molecular flexibility index (Phi) is 4.66. The van der Waals surface area contributed by atoms with Gasteiger partial charge >= 0.3 is 0 Å². The Morgan fingerprint density at radius 3 is 2.61 bits per heavy atom. The van der Waals surface area contributed by atoms with Crippen LogP contribution in [0.15, 0.2) is 47.6 Å². The van der Waals surface area contributed by atoms with Gasteiger partial charge in [0.25, 0.3) is 5.91 Å². The minimum atomic E-state index is -0.622. The molecule has 8 nitrogen and oxygen atoms in total. The van der Waals surface area contributed by atoms with Gasteiger partial charge in [0.1, 0.15) is 12.2 Å². The van der Waals surface area contributed by atoms with E-state index in [1.807, 2.05) is 48.5 Å². The number of hydrogen-bond donors (Lipinski definition) is 2. The van der Waals surface area contributed by atoms with Gasteiger partial charge < -0.3 is 10.2 Å². The molecule has 0 radical (unpaired) electrons. The first-order chi connectivity index (χ1) is 14.9. The molecule has 2 aromatic rings. The highest BCUT2D eigenvalue weighted by molar-refractivity contribution is 6.30. The maximum atomic E-state index is 12.9. The van der Waals surface area contributed by atoms with Crippen molar-refractivity contribution in [2.45, 2.75) is 31.6 Å². The fraction of sp³-hybridized carbons (Fsp3) is 0.273. The average Bonchev–Trinajstić information content (AvgIpc) is 3.29. The molecule has 9 heteroatoms. The zero-order valence-electron chi connectivity index (χ0n) is 16.8. The third kappa shape index (κ3) is 3.42. The molecule has 2 N–H and O–H groups in total. The number of rotatable bonds is 3. The molecule has 5 rings (SSSR count).